The lowest BCUT2D eigenvalue weighted by Crippen LogP contribution is -1.99. The van der Waals surface area contributed by atoms with Crippen LogP contribution in [0.2, 0.25) is 0 Å². The fraction of sp³-hybridized carbons (Fsp3) is 0.364. The Bertz CT molecular complexity index is 289. The van der Waals surface area contributed by atoms with Crippen molar-refractivity contribution in [3.8, 4) is 0 Å². The highest BCUT2D eigenvalue weighted by Crippen LogP contribution is 2.21. The minimum absolute atomic E-state index is 0.246. The molecule has 70 valence electrons. The molecule has 2 heteroatoms. The molecule has 0 radical (unpaired) electrons. The normalized spacial score (nSPS) is 12.5. The molecular formula is C11H13BrO. The lowest BCUT2D eigenvalue weighted by atomic mass is 9.96. The molecule has 0 aromatic heterocycles. The lowest BCUT2D eigenvalue weighted by molar-refractivity contribution is -0.117. The summed E-state index contributed by atoms with van der Waals surface area (Å²) in [7, 11) is 0. The maximum atomic E-state index is 10.9. The first-order valence-corrected chi connectivity index (χ1v) is 5.14. The summed E-state index contributed by atoms with van der Waals surface area (Å²) in [5, 5.41) is 0. The average Bonchev–Trinajstić information content (AvgIpc) is 2.04. The molecule has 0 aliphatic carbocycles. The van der Waals surface area contributed by atoms with E-state index in [0.29, 0.717) is 12.3 Å². The molecule has 0 amide bonds. The van der Waals surface area contributed by atoms with Gasteiger partial charge >= 0.3 is 0 Å². The van der Waals surface area contributed by atoms with Gasteiger partial charge < -0.3 is 4.79 Å². The number of rotatable bonds is 3. The van der Waals surface area contributed by atoms with Crippen molar-refractivity contribution in [3.05, 3.63) is 34.3 Å². The molecule has 0 bridgehead atoms. The number of Topliss-reactive ketones (excluding diaryl/α,β-unsaturated/α-hetero) is 1. The second kappa shape index (κ2) is 4.56. The fourth-order valence-corrected chi connectivity index (χ4v) is 1.60. The third-order valence-corrected chi connectivity index (χ3v) is 2.56. The van der Waals surface area contributed by atoms with Gasteiger partial charge in [0, 0.05) is 10.9 Å². The summed E-state index contributed by atoms with van der Waals surface area (Å²) in [4.78, 5) is 10.9. The molecule has 0 aliphatic rings. The number of hydrogen-bond donors (Lipinski definition) is 0. The smallest absolute Gasteiger partial charge is 0.130 e. The van der Waals surface area contributed by atoms with Gasteiger partial charge in [0.15, 0.2) is 0 Å². The lowest BCUT2D eigenvalue weighted by Gasteiger charge is -2.09. The van der Waals surface area contributed by atoms with Gasteiger partial charge in [0.1, 0.15) is 5.78 Å². The highest BCUT2D eigenvalue weighted by Gasteiger charge is 2.07. The van der Waals surface area contributed by atoms with Crippen LogP contribution in [0, 0.1) is 0 Å². The molecule has 1 aromatic carbocycles. The van der Waals surface area contributed by atoms with Crippen LogP contribution < -0.4 is 0 Å². The van der Waals surface area contributed by atoms with E-state index in [1.807, 2.05) is 12.1 Å². The summed E-state index contributed by atoms with van der Waals surface area (Å²) in [5.74, 6) is 0.570. The molecule has 0 unspecified atom stereocenters. The van der Waals surface area contributed by atoms with Gasteiger partial charge in [-0.05, 0) is 30.5 Å². The van der Waals surface area contributed by atoms with E-state index < -0.39 is 0 Å². The zero-order valence-electron chi connectivity index (χ0n) is 7.88. The summed E-state index contributed by atoms with van der Waals surface area (Å²) in [6.45, 7) is 3.71. The van der Waals surface area contributed by atoms with Gasteiger partial charge in [0.25, 0.3) is 0 Å². The molecule has 0 saturated heterocycles. The minimum atomic E-state index is 0.246. The van der Waals surface area contributed by atoms with Crippen LogP contribution >= 0.6 is 15.9 Å². The molecule has 0 saturated carbocycles. The Morgan fingerprint density at radius 2 is 1.92 bits per heavy atom. The Hall–Kier alpha value is -0.630. The van der Waals surface area contributed by atoms with Crippen LogP contribution in [0.3, 0.4) is 0 Å². The molecule has 1 atom stereocenters. The van der Waals surface area contributed by atoms with E-state index in [4.69, 9.17) is 0 Å². The van der Waals surface area contributed by atoms with E-state index in [1.165, 1.54) is 5.56 Å². The van der Waals surface area contributed by atoms with E-state index in [0.717, 1.165) is 4.47 Å². The number of carbonyl (C=O) groups excluding carboxylic acids is 1. The van der Waals surface area contributed by atoms with Crippen LogP contribution in [0.4, 0.5) is 0 Å². The number of ketones is 1. The highest BCUT2D eigenvalue weighted by atomic mass is 79.9. The van der Waals surface area contributed by atoms with Crippen molar-refractivity contribution in [2.75, 3.05) is 0 Å². The monoisotopic (exact) mass is 240 g/mol. The largest absolute Gasteiger partial charge is 0.300 e. The predicted molar refractivity (Wildman–Crippen MR) is 57.9 cm³/mol. The molecule has 0 N–H and O–H groups in total. The van der Waals surface area contributed by atoms with Gasteiger partial charge in [0.05, 0.1) is 0 Å². The third-order valence-electron chi connectivity index (χ3n) is 2.03. The van der Waals surface area contributed by atoms with Gasteiger partial charge in [-0.3, -0.25) is 0 Å². The Labute approximate surface area is 87.3 Å². The second-order valence-corrected chi connectivity index (χ2v) is 4.27. The first-order chi connectivity index (χ1) is 6.09. The van der Waals surface area contributed by atoms with E-state index in [9.17, 15) is 4.79 Å². The van der Waals surface area contributed by atoms with Crippen molar-refractivity contribution >= 4 is 21.7 Å². The van der Waals surface area contributed by atoms with Crippen LogP contribution in [0.1, 0.15) is 31.7 Å². The van der Waals surface area contributed by atoms with Crippen LogP contribution in [-0.2, 0) is 4.79 Å². The molecular weight excluding hydrogens is 228 g/mol. The molecule has 0 heterocycles. The Morgan fingerprint density at radius 3 is 2.38 bits per heavy atom. The van der Waals surface area contributed by atoms with Crippen LogP contribution in [0.15, 0.2) is 28.7 Å². The zero-order valence-corrected chi connectivity index (χ0v) is 9.47. The molecule has 13 heavy (non-hydrogen) atoms. The van der Waals surface area contributed by atoms with Gasteiger partial charge in [-0.15, -0.1) is 0 Å². The number of halogens is 1. The summed E-state index contributed by atoms with van der Waals surface area (Å²) >= 11 is 3.38. The van der Waals surface area contributed by atoms with Gasteiger partial charge in [-0.25, -0.2) is 0 Å². The first kappa shape index (κ1) is 10.5. The first-order valence-electron chi connectivity index (χ1n) is 4.34. The van der Waals surface area contributed by atoms with Gasteiger partial charge in [-0.2, -0.15) is 0 Å². The zero-order chi connectivity index (χ0) is 9.84. The van der Waals surface area contributed by atoms with Crippen molar-refractivity contribution in [2.24, 2.45) is 0 Å². The standard InChI is InChI=1S/C11H13BrO/c1-8(7-9(2)13)10-3-5-11(12)6-4-10/h3-6,8H,7H2,1-2H3/t8-/m1/s1. The molecule has 1 rings (SSSR count). The highest BCUT2D eigenvalue weighted by molar-refractivity contribution is 9.10. The molecule has 0 fully saturated rings. The Morgan fingerprint density at radius 1 is 1.38 bits per heavy atom. The van der Waals surface area contributed by atoms with Crippen LogP contribution in [0.25, 0.3) is 0 Å². The van der Waals surface area contributed by atoms with Crippen molar-refractivity contribution in [3.63, 3.8) is 0 Å². The molecule has 0 spiro atoms. The number of hydrogen-bond acceptors (Lipinski definition) is 1. The van der Waals surface area contributed by atoms with Crippen molar-refractivity contribution in [1.82, 2.24) is 0 Å². The minimum Gasteiger partial charge on any atom is -0.300 e. The summed E-state index contributed by atoms with van der Waals surface area (Å²) in [6.07, 6.45) is 0.627. The summed E-state index contributed by atoms with van der Waals surface area (Å²) in [5.41, 5.74) is 1.22. The van der Waals surface area contributed by atoms with E-state index in [1.54, 1.807) is 6.92 Å². The quantitative estimate of drug-likeness (QED) is 0.791. The van der Waals surface area contributed by atoms with Gasteiger partial charge in [-0.1, -0.05) is 35.0 Å². The van der Waals surface area contributed by atoms with Crippen molar-refractivity contribution in [2.45, 2.75) is 26.2 Å². The number of carbonyl (C=O) groups is 1. The second-order valence-electron chi connectivity index (χ2n) is 3.36. The molecule has 0 aliphatic heterocycles. The average molecular weight is 241 g/mol. The van der Waals surface area contributed by atoms with Gasteiger partial charge in [0.2, 0.25) is 0 Å². The summed E-state index contributed by atoms with van der Waals surface area (Å²) in [6, 6.07) is 8.12. The third kappa shape index (κ3) is 3.31. The van der Waals surface area contributed by atoms with Crippen molar-refractivity contribution < 1.29 is 4.79 Å². The van der Waals surface area contributed by atoms with Crippen LogP contribution in [0.5, 0.6) is 0 Å². The molecule has 1 aromatic rings. The fourth-order valence-electron chi connectivity index (χ4n) is 1.34. The SMILES string of the molecule is CC(=O)C[C@@H](C)c1ccc(Br)cc1. The predicted octanol–water partition coefficient (Wildman–Crippen LogP) is 3.53. The number of benzene rings is 1. The Kier molecular flexibility index (Phi) is 3.67. The van der Waals surface area contributed by atoms with Crippen LogP contribution in [-0.4, -0.2) is 5.78 Å². The summed E-state index contributed by atoms with van der Waals surface area (Å²) < 4.78 is 1.08. The van der Waals surface area contributed by atoms with E-state index in [-0.39, 0.29) is 5.78 Å². The topological polar surface area (TPSA) is 17.1 Å². The Balaban J connectivity index is 2.71. The maximum Gasteiger partial charge on any atom is 0.130 e. The maximum absolute atomic E-state index is 10.9. The van der Waals surface area contributed by atoms with E-state index in [2.05, 4.69) is 35.0 Å². The molecule has 1 nitrogen and oxygen atoms in total. The van der Waals surface area contributed by atoms with E-state index >= 15 is 0 Å². The van der Waals surface area contributed by atoms with Crippen molar-refractivity contribution in [1.29, 1.82) is 0 Å².